The number of nitrogens with zero attached hydrogens (tertiary/aromatic N) is 1. The molecular weight excluding hydrogens is 220 g/mol. The maximum absolute atomic E-state index is 3.43. The van der Waals surface area contributed by atoms with Crippen LogP contribution in [-0.2, 0) is 0 Å². The van der Waals surface area contributed by atoms with Gasteiger partial charge in [-0.25, -0.2) is 0 Å². The summed E-state index contributed by atoms with van der Waals surface area (Å²) in [4.78, 5) is 2.51. The van der Waals surface area contributed by atoms with Gasteiger partial charge in [0.25, 0.3) is 0 Å². The molecule has 1 aromatic carbocycles. The first-order valence-corrected chi connectivity index (χ1v) is 6.92. The van der Waals surface area contributed by atoms with Gasteiger partial charge < -0.3 is 5.32 Å². The summed E-state index contributed by atoms with van der Waals surface area (Å²) in [5.74, 6) is 0. The van der Waals surface area contributed by atoms with Gasteiger partial charge in [-0.1, -0.05) is 30.4 Å². The summed E-state index contributed by atoms with van der Waals surface area (Å²) in [5.41, 5.74) is 4.05. The van der Waals surface area contributed by atoms with E-state index in [1.54, 1.807) is 0 Å². The quantitative estimate of drug-likeness (QED) is 0.879. The molecule has 1 fully saturated rings. The molecule has 1 aliphatic heterocycles. The number of nitrogens with one attached hydrogen (secondary N) is 1. The second kappa shape index (κ2) is 6.72. The molecule has 1 heterocycles. The van der Waals surface area contributed by atoms with Crippen LogP contribution in [0, 0.1) is 13.8 Å². The molecule has 2 heteroatoms. The molecule has 2 rings (SSSR count). The number of benzene rings is 1. The molecule has 1 aromatic rings. The van der Waals surface area contributed by atoms with E-state index in [1.807, 2.05) is 0 Å². The van der Waals surface area contributed by atoms with E-state index in [0.29, 0.717) is 0 Å². The minimum absolute atomic E-state index is 1.06. The molecule has 0 unspecified atom stereocenters. The van der Waals surface area contributed by atoms with Crippen LogP contribution in [-0.4, -0.2) is 37.6 Å². The lowest BCUT2D eigenvalue weighted by atomic mass is 10.1. The van der Waals surface area contributed by atoms with Crippen molar-refractivity contribution in [2.75, 3.05) is 32.7 Å². The van der Waals surface area contributed by atoms with E-state index in [-0.39, 0.29) is 0 Å². The van der Waals surface area contributed by atoms with Gasteiger partial charge in [-0.05, 0) is 50.0 Å². The lowest BCUT2D eigenvalue weighted by Gasteiger charge is -2.16. The van der Waals surface area contributed by atoms with Crippen molar-refractivity contribution in [1.82, 2.24) is 10.2 Å². The molecule has 1 saturated heterocycles. The first kappa shape index (κ1) is 13.3. The molecule has 1 aliphatic rings. The Bertz CT molecular complexity index is 402. The van der Waals surface area contributed by atoms with Gasteiger partial charge in [0.15, 0.2) is 0 Å². The average molecular weight is 244 g/mol. The summed E-state index contributed by atoms with van der Waals surface area (Å²) in [5, 5.41) is 3.43. The minimum atomic E-state index is 1.06. The van der Waals surface area contributed by atoms with E-state index in [0.717, 1.165) is 26.2 Å². The Morgan fingerprint density at radius 2 is 2.06 bits per heavy atom. The molecule has 0 bridgehead atoms. The van der Waals surface area contributed by atoms with Crippen LogP contribution in [0.3, 0.4) is 0 Å². The molecule has 18 heavy (non-hydrogen) atoms. The Labute approximate surface area is 111 Å². The topological polar surface area (TPSA) is 15.3 Å². The Morgan fingerprint density at radius 1 is 1.17 bits per heavy atom. The van der Waals surface area contributed by atoms with Crippen molar-refractivity contribution in [2.24, 2.45) is 0 Å². The molecule has 2 nitrogen and oxygen atoms in total. The van der Waals surface area contributed by atoms with Gasteiger partial charge >= 0.3 is 0 Å². The van der Waals surface area contributed by atoms with Gasteiger partial charge in [-0.2, -0.15) is 0 Å². The van der Waals surface area contributed by atoms with Crippen LogP contribution >= 0.6 is 0 Å². The van der Waals surface area contributed by atoms with Gasteiger partial charge in [0.1, 0.15) is 0 Å². The predicted molar refractivity (Wildman–Crippen MR) is 78.9 cm³/mol. The van der Waals surface area contributed by atoms with E-state index < -0.39 is 0 Å². The third-order valence-electron chi connectivity index (χ3n) is 3.64. The maximum atomic E-state index is 3.43. The number of rotatable bonds is 3. The highest BCUT2D eigenvalue weighted by Crippen LogP contribution is 2.11. The highest BCUT2D eigenvalue weighted by Gasteiger charge is 2.05. The van der Waals surface area contributed by atoms with Crippen LogP contribution in [0.2, 0.25) is 0 Å². The summed E-state index contributed by atoms with van der Waals surface area (Å²) in [6.07, 6.45) is 5.79. The highest BCUT2D eigenvalue weighted by molar-refractivity contribution is 5.51. The van der Waals surface area contributed by atoms with Crippen LogP contribution in [0.5, 0.6) is 0 Å². The van der Waals surface area contributed by atoms with Gasteiger partial charge in [-0.3, -0.25) is 4.90 Å². The summed E-state index contributed by atoms with van der Waals surface area (Å²) in [6.45, 7) is 10.1. The van der Waals surface area contributed by atoms with Gasteiger partial charge in [0.2, 0.25) is 0 Å². The van der Waals surface area contributed by atoms with Gasteiger partial charge in [0.05, 0.1) is 0 Å². The maximum Gasteiger partial charge on any atom is 0.0167 e. The van der Waals surface area contributed by atoms with Crippen molar-refractivity contribution in [3.05, 3.63) is 41.0 Å². The van der Waals surface area contributed by atoms with Crippen molar-refractivity contribution in [2.45, 2.75) is 20.3 Å². The van der Waals surface area contributed by atoms with E-state index in [1.165, 1.54) is 29.7 Å². The highest BCUT2D eigenvalue weighted by atomic mass is 15.1. The molecule has 0 radical (unpaired) electrons. The van der Waals surface area contributed by atoms with Crippen LogP contribution in [0.1, 0.15) is 23.1 Å². The van der Waals surface area contributed by atoms with Crippen LogP contribution < -0.4 is 5.32 Å². The average Bonchev–Trinajstić information content (AvgIpc) is 2.62. The summed E-state index contributed by atoms with van der Waals surface area (Å²) >= 11 is 0. The Balaban J connectivity index is 1.88. The molecule has 0 aromatic heterocycles. The van der Waals surface area contributed by atoms with Gasteiger partial charge in [0, 0.05) is 19.6 Å². The van der Waals surface area contributed by atoms with E-state index >= 15 is 0 Å². The monoisotopic (exact) mass is 244 g/mol. The standard InChI is InChI=1S/C16H24N2/c1-14-6-7-16(13-15(14)2)5-3-10-18-11-4-8-17-9-12-18/h3,5-7,13,17H,4,8-12H2,1-2H3. The largest absolute Gasteiger partial charge is 0.315 e. The minimum Gasteiger partial charge on any atom is -0.315 e. The molecule has 0 aliphatic carbocycles. The zero-order chi connectivity index (χ0) is 12.8. The van der Waals surface area contributed by atoms with Crippen molar-refractivity contribution in [1.29, 1.82) is 0 Å². The van der Waals surface area contributed by atoms with E-state index in [9.17, 15) is 0 Å². The molecule has 0 spiro atoms. The zero-order valence-corrected chi connectivity index (χ0v) is 11.6. The van der Waals surface area contributed by atoms with Crippen molar-refractivity contribution < 1.29 is 0 Å². The summed E-state index contributed by atoms with van der Waals surface area (Å²) in [6, 6.07) is 6.66. The fourth-order valence-electron chi connectivity index (χ4n) is 2.29. The van der Waals surface area contributed by atoms with Gasteiger partial charge in [-0.15, -0.1) is 0 Å². The van der Waals surface area contributed by atoms with Crippen molar-refractivity contribution >= 4 is 6.08 Å². The second-order valence-electron chi connectivity index (χ2n) is 5.15. The van der Waals surface area contributed by atoms with Crippen LogP contribution in [0.25, 0.3) is 6.08 Å². The van der Waals surface area contributed by atoms with Crippen LogP contribution in [0.15, 0.2) is 24.3 Å². The van der Waals surface area contributed by atoms with E-state index in [4.69, 9.17) is 0 Å². The Morgan fingerprint density at radius 3 is 2.89 bits per heavy atom. The molecule has 1 N–H and O–H groups in total. The normalized spacial score (nSPS) is 18.1. The molecular formula is C16H24N2. The second-order valence-corrected chi connectivity index (χ2v) is 5.15. The molecule has 0 atom stereocenters. The van der Waals surface area contributed by atoms with E-state index in [2.05, 4.69) is 54.4 Å². The first-order valence-electron chi connectivity index (χ1n) is 6.92. The molecule has 0 amide bonds. The lowest BCUT2D eigenvalue weighted by molar-refractivity contribution is 0.324. The summed E-state index contributed by atoms with van der Waals surface area (Å²) in [7, 11) is 0. The third kappa shape index (κ3) is 3.97. The lowest BCUT2D eigenvalue weighted by Crippen LogP contribution is -2.28. The van der Waals surface area contributed by atoms with Crippen molar-refractivity contribution in [3.63, 3.8) is 0 Å². The Hall–Kier alpha value is -1.12. The fourth-order valence-corrected chi connectivity index (χ4v) is 2.29. The smallest absolute Gasteiger partial charge is 0.0167 e. The molecule has 0 saturated carbocycles. The predicted octanol–water partition coefficient (Wildman–Crippen LogP) is 2.61. The first-order chi connectivity index (χ1) is 8.75. The number of aryl methyl sites for hydroxylation is 2. The van der Waals surface area contributed by atoms with Crippen LogP contribution in [0.4, 0.5) is 0 Å². The summed E-state index contributed by atoms with van der Waals surface area (Å²) < 4.78 is 0. The van der Waals surface area contributed by atoms with Crippen molar-refractivity contribution in [3.8, 4) is 0 Å². The third-order valence-corrected chi connectivity index (χ3v) is 3.64. The SMILES string of the molecule is Cc1ccc(C=CCN2CCCNCC2)cc1C. The fraction of sp³-hybridized carbons (Fsp3) is 0.500. The molecule has 98 valence electrons. The Kier molecular flexibility index (Phi) is 4.97. The number of hydrogen-bond donors (Lipinski definition) is 1. The number of hydrogen-bond acceptors (Lipinski definition) is 2. The zero-order valence-electron chi connectivity index (χ0n) is 11.6.